The fourth-order valence-electron chi connectivity index (χ4n) is 4.49. The first-order chi connectivity index (χ1) is 15.0. The van der Waals surface area contributed by atoms with Crippen molar-refractivity contribution in [2.24, 2.45) is 0 Å². The van der Waals surface area contributed by atoms with Gasteiger partial charge < -0.3 is 9.80 Å². The van der Waals surface area contributed by atoms with Gasteiger partial charge in [0, 0.05) is 37.2 Å². The van der Waals surface area contributed by atoms with Gasteiger partial charge in [0.05, 0.1) is 6.54 Å². The number of likely N-dealkylation sites (N-methyl/N-ethyl adjacent to an activating group) is 1. The molecule has 0 N–H and O–H groups in total. The summed E-state index contributed by atoms with van der Waals surface area (Å²) < 4.78 is 1.67. The molecule has 31 heavy (non-hydrogen) atoms. The second kappa shape index (κ2) is 7.81. The highest BCUT2D eigenvalue weighted by atomic mass is 35.5. The summed E-state index contributed by atoms with van der Waals surface area (Å²) in [5.41, 5.74) is 4.04. The smallest absolute Gasteiger partial charge is 0.275 e. The predicted molar refractivity (Wildman–Crippen MR) is 117 cm³/mol. The molecule has 0 aliphatic carbocycles. The molecule has 2 aliphatic rings. The van der Waals surface area contributed by atoms with E-state index in [-0.39, 0.29) is 11.8 Å². The highest BCUT2D eigenvalue weighted by Gasteiger charge is 2.39. The first-order valence-electron chi connectivity index (χ1n) is 10.3. The summed E-state index contributed by atoms with van der Waals surface area (Å²) in [4.78, 5) is 34.1. The molecule has 0 fully saturated rings. The Morgan fingerprint density at radius 1 is 1.13 bits per heavy atom. The summed E-state index contributed by atoms with van der Waals surface area (Å²) in [7, 11) is 1.75. The van der Waals surface area contributed by atoms with Crippen LogP contribution in [-0.4, -0.2) is 51.1 Å². The molecule has 5 rings (SSSR count). The van der Waals surface area contributed by atoms with Gasteiger partial charge in [0.1, 0.15) is 11.2 Å². The number of anilines is 1. The van der Waals surface area contributed by atoms with Gasteiger partial charge in [-0.1, -0.05) is 41.9 Å². The molecule has 1 aromatic carbocycles. The largest absolute Gasteiger partial charge is 0.325 e. The maximum absolute atomic E-state index is 13.4. The number of pyridine rings is 1. The van der Waals surface area contributed by atoms with E-state index in [4.69, 9.17) is 11.6 Å². The van der Waals surface area contributed by atoms with E-state index in [1.165, 1.54) is 0 Å². The predicted octanol–water partition coefficient (Wildman–Crippen LogP) is 2.96. The lowest BCUT2D eigenvalue weighted by molar-refractivity contribution is -0.122. The molecule has 2 aliphatic heterocycles. The minimum atomic E-state index is -0.531. The quantitative estimate of drug-likeness (QED) is 0.634. The maximum Gasteiger partial charge on any atom is 0.275 e. The van der Waals surface area contributed by atoms with Gasteiger partial charge in [0.2, 0.25) is 5.91 Å². The van der Waals surface area contributed by atoms with E-state index in [9.17, 15) is 9.59 Å². The fraction of sp³-hybridized carbons (Fsp3) is 0.304. The summed E-state index contributed by atoms with van der Waals surface area (Å²) in [6.07, 6.45) is 5.30. The SMILES string of the molecule is CN1C(=O)C(N2CCc3c(nn(Cc4ccccc4)c3Cl)C2=O)CCc2cnccc21. The Balaban J connectivity index is 1.42. The lowest BCUT2D eigenvalue weighted by atomic mass is 10.0. The van der Waals surface area contributed by atoms with Gasteiger partial charge in [-0.15, -0.1) is 0 Å². The Labute approximate surface area is 185 Å². The van der Waals surface area contributed by atoms with E-state index in [0.29, 0.717) is 43.2 Å². The molecule has 0 bridgehead atoms. The molecular formula is C23H22ClN5O2. The van der Waals surface area contributed by atoms with E-state index in [1.54, 1.807) is 33.9 Å². The Morgan fingerprint density at radius 2 is 1.94 bits per heavy atom. The number of hydrogen-bond acceptors (Lipinski definition) is 4. The number of fused-ring (bicyclic) bond motifs is 2. The Morgan fingerprint density at radius 3 is 2.74 bits per heavy atom. The summed E-state index contributed by atoms with van der Waals surface area (Å²) in [5, 5.41) is 5.03. The molecule has 0 saturated carbocycles. The zero-order chi connectivity index (χ0) is 21.5. The second-order valence-electron chi connectivity index (χ2n) is 7.97. The second-order valence-corrected chi connectivity index (χ2v) is 8.32. The highest BCUT2D eigenvalue weighted by molar-refractivity contribution is 6.31. The molecule has 2 amide bonds. The minimum absolute atomic E-state index is 0.0865. The molecule has 0 saturated heterocycles. The van der Waals surface area contributed by atoms with Crippen molar-refractivity contribution < 1.29 is 9.59 Å². The van der Waals surface area contributed by atoms with Crippen LogP contribution in [0.1, 0.15) is 33.6 Å². The number of halogens is 1. The van der Waals surface area contributed by atoms with Crippen LogP contribution in [0.5, 0.6) is 0 Å². The van der Waals surface area contributed by atoms with E-state index in [0.717, 1.165) is 22.4 Å². The van der Waals surface area contributed by atoms with Gasteiger partial charge in [0.25, 0.3) is 5.91 Å². The number of aromatic nitrogens is 3. The van der Waals surface area contributed by atoms with Gasteiger partial charge in [-0.05, 0) is 36.5 Å². The summed E-state index contributed by atoms with van der Waals surface area (Å²) >= 11 is 6.58. The topological polar surface area (TPSA) is 71.3 Å². The van der Waals surface area contributed by atoms with Gasteiger partial charge >= 0.3 is 0 Å². The van der Waals surface area contributed by atoms with E-state index < -0.39 is 6.04 Å². The number of hydrogen-bond donors (Lipinski definition) is 0. The monoisotopic (exact) mass is 435 g/mol. The van der Waals surface area contributed by atoms with Crippen LogP contribution in [0.4, 0.5) is 5.69 Å². The van der Waals surface area contributed by atoms with E-state index >= 15 is 0 Å². The molecule has 0 spiro atoms. The van der Waals surface area contributed by atoms with Crippen LogP contribution in [0.2, 0.25) is 5.15 Å². The number of rotatable bonds is 3. The molecule has 8 heteroatoms. The first-order valence-corrected chi connectivity index (χ1v) is 10.7. The highest BCUT2D eigenvalue weighted by Crippen LogP contribution is 2.31. The summed E-state index contributed by atoms with van der Waals surface area (Å²) in [6.45, 7) is 0.939. The molecule has 4 heterocycles. The third-order valence-electron chi connectivity index (χ3n) is 6.14. The molecule has 2 aromatic heterocycles. The number of amides is 2. The van der Waals surface area contributed by atoms with Crippen LogP contribution >= 0.6 is 11.6 Å². The Kier molecular flexibility index (Phi) is 4.98. The van der Waals surface area contributed by atoms with Crippen LogP contribution < -0.4 is 4.90 Å². The zero-order valence-corrected chi connectivity index (χ0v) is 17.9. The third kappa shape index (κ3) is 3.39. The Hall–Kier alpha value is -3.19. The lowest BCUT2D eigenvalue weighted by Crippen LogP contribution is -2.52. The molecule has 0 radical (unpaired) electrons. The first kappa shape index (κ1) is 19.8. The van der Waals surface area contributed by atoms with Crippen LogP contribution in [0, 0.1) is 0 Å². The van der Waals surface area contributed by atoms with Gasteiger partial charge in [-0.2, -0.15) is 5.10 Å². The van der Waals surface area contributed by atoms with Gasteiger partial charge in [0.15, 0.2) is 5.69 Å². The van der Waals surface area contributed by atoms with Crippen molar-refractivity contribution in [3.05, 3.63) is 76.3 Å². The standard InChI is InChI=1S/C23H22ClN5O2/c1-27-18-9-11-25-13-16(18)7-8-19(22(27)30)28-12-10-17-20(23(28)31)26-29(21(17)24)14-15-5-3-2-4-6-15/h2-6,9,11,13,19H,7-8,10,12,14H2,1H3. The van der Waals surface area contributed by atoms with Crippen molar-refractivity contribution in [2.75, 3.05) is 18.5 Å². The maximum atomic E-state index is 13.4. The van der Waals surface area contributed by atoms with Gasteiger partial charge in [-0.25, -0.2) is 4.68 Å². The number of carbonyl (C=O) groups excluding carboxylic acids is 2. The summed E-state index contributed by atoms with van der Waals surface area (Å²) in [6, 6.07) is 11.2. The van der Waals surface area contributed by atoms with E-state index in [2.05, 4.69) is 10.1 Å². The van der Waals surface area contributed by atoms with Crippen molar-refractivity contribution in [3.8, 4) is 0 Å². The average molecular weight is 436 g/mol. The molecule has 1 atom stereocenters. The van der Waals surface area contributed by atoms with Crippen LogP contribution in [0.25, 0.3) is 0 Å². The van der Waals surface area contributed by atoms with Crippen molar-refractivity contribution in [1.82, 2.24) is 19.7 Å². The number of carbonyl (C=O) groups is 2. The average Bonchev–Trinajstić information content (AvgIpc) is 3.05. The van der Waals surface area contributed by atoms with Crippen molar-refractivity contribution in [2.45, 2.75) is 31.8 Å². The van der Waals surface area contributed by atoms with Crippen molar-refractivity contribution in [3.63, 3.8) is 0 Å². The van der Waals surface area contributed by atoms with Crippen molar-refractivity contribution >= 4 is 29.1 Å². The van der Waals surface area contributed by atoms with Crippen molar-refractivity contribution in [1.29, 1.82) is 0 Å². The molecule has 7 nitrogen and oxygen atoms in total. The summed E-state index contributed by atoms with van der Waals surface area (Å²) in [5.74, 6) is -0.317. The zero-order valence-electron chi connectivity index (χ0n) is 17.2. The lowest BCUT2D eigenvalue weighted by Gasteiger charge is -2.34. The molecule has 158 valence electrons. The van der Waals surface area contributed by atoms with Crippen LogP contribution in [-0.2, 0) is 24.2 Å². The normalized spacial score (nSPS) is 18.6. The number of benzene rings is 1. The fourth-order valence-corrected chi connectivity index (χ4v) is 4.77. The van der Waals surface area contributed by atoms with Crippen LogP contribution in [0.3, 0.4) is 0 Å². The third-order valence-corrected chi connectivity index (χ3v) is 6.56. The number of aryl methyl sites for hydroxylation is 1. The van der Waals surface area contributed by atoms with Crippen LogP contribution in [0.15, 0.2) is 48.8 Å². The van der Waals surface area contributed by atoms with Gasteiger partial charge in [-0.3, -0.25) is 14.6 Å². The molecular weight excluding hydrogens is 414 g/mol. The Bertz CT molecular complexity index is 1160. The number of nitrogens with zero attached hydrogens (tertiary/aromatic N) is 5. The van der Waals surface area contributed by atoms with E-state index in [1.807, 2.05) is 36.4 Å². The molecule has 3 aromatic rings. The minimum Gasteiger partial charge on any atom is -0.325 e. The molecule has 1 unspecified atom stereocenters.